The van der Waals surface area contributed by atoms with E-state index in [-0.39, 0.29) is 5.25 Å². The topological polar surface area (TPSA) is 29.1 Å². The maximum Gasteiger partial charge on any atom is 0.0582 e. The van der Waals surface area contributed by atoms with Gasteiger partial charge in [-0.15, -0.1) is 0 Å². The maximum absolute atomic E-state index is 13.2. The van der Waals surface area contributed by atoms with Gasteiger partial charge >= 0.3 is 0 Å². The smallest absolute Gasteiger partial charge is 0.0582 e. The van der Waals surface area contributed by atoms with Crippen molar-refractivity contribution in [3.63, 3.8) is 0 Å². The number of benzene rings is 1. The zero-order valence-electron chi connectivity index (χ0n) is 14.0. The number of hydrogen-bond acceptors (Lipinski definition) is 2. The molecule has 1 aromatic rings. The van der Waals surface area contributed by atoms with Crippen molar-refractivity contribution >= 4 is 10.8 Å². The fraction of sp³-hybridized carbons (Fsp3) is 0.667. The van der Waals surface area contributed by atoms with Gasteiger partial charge in [-0.05, 0) is 56.7 Å². The van der Waals surface area contributed by atoms with Crippen LogP contribution in [0.25, 0.3) is 0 Å². The molecule has 118 valence electrons. The van der Waals surface area contributed by atoms with Crippen molar-refractivity contribution in [2.24, 2.45) is 11.8 Å². The summed E-state index contributed by atoms with van der Waals surface area (Å²) < 4.78 is 13.2. The SMILES string of the molecule is CCNC1CC(C)CC(C)C1S(=O)c1ccc(C)cc1C. The minimum Gasteiger partial charge on any atom is -0.313 e. The third kappa shape index (κ3) is 3.75. The third-order valence-electron chi connectivity index (χ3n) is 4.65. The Hall–Kier alpha value is -0.670. The lowest BCUT2D eigenvalue weighted by atomic mass is 9.80. The molecule has 0 aromatic heterocycles. The molecule has 0 saturated heterocycles. The van der Waals surface area contributed by atoms with Crippen LogP contribution in [0.2, 0.25) is 0 Å². The second-order valence-electron chi connectivity index (χ2n) is 6.75. The van der Waals surface area contributed by atoms with Crippen LogP contribution in [-0.2, 0) is 10.8 Å². The molecule has 0 heterocycles. The van der Waals surface area contributed by atoms with E-state index < -0.39 is 10.8 Å². The molecular formula is C18H29NOS. The molecule has 1 fully saturated rings. The molecule has 1 aromatic carbocycles. The summed E-state index contributed by atoms with van der Waals surface area (Å²) in [5, 5.41) is 3.81. The fourth-order valence-electron chi connectivity index (χ4n) is 3.82. The predicted molar refractivity (Wildman–Crippen MR) is 91.1 cm³/mol. The Bertz CT molecular complexity index is 514. The maximum atomic E-state index is 13.2. The third-order valence-corrected chi connectivity index (χ3v) is 6.83. The van der Waals surface area contributed by atoms with Crippen molar-refractivity contribution in [3.05, 3.63) is 29.3 Å². The summed E-state index contributed by atoms with van der Waals surface area (Å²) in [6.07, 6.45) is 2.32. The van der Waals surface area contributed by atoms with Crippen molar-refractivity contribution in [1.29, 1.82) is 0 Å². The van der Waals surface area contributed by atoms with Crippen molar-refractivity contribution < 1.29 is 4.21 Å². The summed E-state index contributed by atoms with van der Waals surface area (Å²) in [4.78, 5) is 1.02. The van der Waals surface area contributed by atoms with Crippen LogP contribution >= 0.6 is 0 Å². The highest BCUT2D eigenvalue weighted by atomic mass is 32.2. The molecule has 0 bridgehead atoms. The number of hydrogen-bond donors (Lipinski definition) is 1. The molecule has 0 spiro atoms. The molecule has 2 nitrogen and oxygen atoms in total. The highest BCUT2D eigenvalue weighted by Crippen LogP contribution is 2.35. The van der Waals surface area contributed by atoms with E-state index in [2.05, 4.69) is 58.1 Å². The lowest BCUT2D eigenvalue weighted by Crippen LogP contribution is -2.50. The lowest BCUT2D eigenvalue weighted by molar-refractivity contribution is 0.248. The second kappa shape index (κ2) is 7.06. The van der Waals surface area contributed by atoms with Crippen LogP contribution in [0.4, 0.5) is 0 Å². The molecule has 21 heavy (non-hydrogen) atoms. The van der Waals surface area contributed by atoms with Crippen molar-refractivity contribution in [2.45, 2.75) is 63.6 Å². The molecule has 1 N–H and O–H groups in total. The molecule has 5 unspecified atom stereocenters. The molecule has 1 aliphatic rings. The Balaban J connectivity index is 2.29. The lowest BCUT2D eigenvalue weighted by Gasteiger charge is -2.39. The number of rotatable bonds is 4. The molecule has 3 heteroatoms. The summed E-state index contributed by atoms with van der Waals surface area (Å²) in [6.45, 7) is 11.8. The minimum atomic E-state index is -0.929. The number of nitrogens with one attached hydrogen (secondary N) is 1. The van der Waals surface area contributed by atoms with Crippen LogP contribution in [0.15, 0.2) is 23.1 Å². The van der Waals surface area contributed by atoms with E-state index >= 15 is 0 Å². The average Bonchev–Trinajstić information content (AvgIpc) is 2.37. The Morgan fingerprint density at radius 3 is 2.57 bits per heavy atom. The van der Waals surface area contributed by atoms with Gasteiger partial charge in [-0.1, -0.05) is 38.5 Å². The van der Waals surface area contributed by atoms with Gasteiger partial charge in [-0.25, -0.2) is 0 Å². The van der Waals surface area contributed by atoms with E-state index in [0.29, 0.717) is 12.0 Å². The molecule has 0 aliphatic heterocycles. The highest BCUT2D eigenvalue weighted by molar-refractivity contribution is 7.85. The first kappa shape index (κ1) is 16.7. The average molecular weight is 308 g/mol. The first-order valence-corrected chi connectivity index (χ1v) is 9.36. The van der Waals surface area contributed by atoms with Crippen LogP contribution in [0.5, 0.6) is 0 Å². The molecule has 0 amide bonds. The largest absolute Gasteiger partial charge is 0.313 e. The Morgan fingerprint density at radius 2 is 1.95 bits per heavy atom. The van der Waals surface area contributed by atoms with Gasteiger partial charge in [0.05, 0.1) is 16.0 Å². The van der Waals surface area contributed by atoms with Crippen LogP contribution in [0, 0.1) is 25.7 Å². The van der Waals surface area contributed by atoms with Gasteiger partial charge < -0.3 is 5.32 Å². The standard InChI is InChI=1S/C18H29NOS/c1-6-19-16-11-13(3)10-15(5)18(16)21(20)17-8-7-12(2)9-14(17)4/h7-9,13,15-16,18-19H,6,10-11H2,1-5H3. The summed E-state index contributed by atoms with van der Waals surface area (Å²) in [6, 6.07) is 6.66. The first-order chi connectivity index (χ1) is 9.93. The van der Waals surface area contributed by atoms with Crippen LogP contribution in [0.3, 0.4) is 0 Å². The molecule has 1 saturated carbocycles. The minimum absolute atomic E-state index is 0.225. The monoisotopic (exact) mass is 307 g/mol. The van der Waals surface area contributed by atoms with Gasteiger partial charge in [0.1, 0.15) is 0 Å². The molecular weight excluding hydrogens is 278 g/mol. The second-order valence-corrected chi connectivity index (χ2v) is 8.33. The van der Waals surface area contributed by atoms with E-state index in [1.54, 1.807) is 0 Å². The summed E-state index contributed by atoms with van der Waals surface area (Å²) >= 11 is 0. The normalized spacial score (nSPS) is 31.1. The quantitative estimate of drug-likeness (QED) is 0.916. The van der Waals surface area contributed by atoms with Crippen molar-refractivity contribution in [3.8, 4) is 0 Å². The van der Waals surface area contributed by atoms with Crippen LogP contribution in [0.1, 0.15) is 44.7 Å². The Morgan fingerprint density at radius 1 is 1.24 bits per heavy atom. The van der Waals surface area contributed by atoms with Gasteiger partial charge in [-0.3, -0.25) is 4.21 Å². The summed E-state index contributed by atoms with van der Waals surface area (Å²) in [5.74, 6) is 1.22. The molecule has 0 radical (unpaired) electrons. The number of aryl methyl sites for hydroxylation is 2. The van der Waals surface area contributed by atoms with Gasteiger partial charge in [0.15, 0.2) is 0 Å². The molecule has 1 aliphatic carbocycles. The summed E-state index contributed by atoms with van der Waals surface area (Å²) in [7, 11) is -0.929. The van der Waals surface area contributed by atoms with E-state index in [4.69, 9.17) is 0 Å². The first-order valence-electron chi connectivity index (χ1n) is 8.15. The molecule has 2 rings (SSSR count). The van der Waals surface area contributed by atoms with E-state index in [1.165, 1.54) is 12.0 Å². The Kier molecular flexibility index (Phi) is 5.61. The van der Waals surface area contributed by atoms with E-state index in [9.17, 15) is 4.21 Å². The van der Waals surface area contributed by atoms with E-state index in [1.807, 2.05) is 0 Å². The Labute approximate surface area is 132 Å². The van der Waals surface area contributed by atoms with Gasteiger partial charge in [-0.2, -0.15) is 0 Å². The van der Waals surface area contributed by atoms with Gasteiger partial charge in [0.25, 0.3) is 0 Å². The molecule has 5 atom stereocenters. The zero-order valence-corrected chi connectivity index (χ0v) is 14.8. The van der Waals surface area contributed by atoms with Crippen LogP contribution < -0.4 is 5.32 Å². The van der Waals surface area contributed by atoms with Gasteiger partial charge in [0.2, 0.25) is 0 Å². The van der Waals surface area contributed by atoms with Crippen molar-refractivity contribution in [2.75, 3.05) is 6.54 Å². The summed E-state index contributed by atoms with van der Waals surface area (Å²) in [5.41, 5.74) is 2.40. The van der Waals surface area contributed by atoms with Gasteiger partial charge in [0, 0.05) is 10.9 Å². The van der Waals surface area contributed by atoms with Crippen molar-refractivity contribution in [1.82, 2.24) is 5.32 Å². The zero-order chi connectivity index (χ0) is 15.6. The predicted octanol–water partition coefficient (Wildman–Crippen LogP) is 3.82. The fourth-order valence-corrected chi connectivity index (χ4v) is 5.73. The van der Waals surface area contributed by atoms with E-state index in [0.717, 1.165) is 29.3 Å². The van der Waals surface area contributed by atoms with Crippen LogP contribution in [-0.4, -0.2) is 22.0 Å². The highest BCUT2D eigenvalue weighted by Gasteiger charge is 2.38.